The fourth-order valence-electron chi connectivity index (χ4n) is 2.16. The molecule has 0 bridgehead atoms. The van der Waals surface area contributed by atoms with Crippen LogP contribution >= 0.6 is 0 Å². The van der Waals surface area contributed by atoms with Crippen molar-refractivity contribution in [3.8, 4) is 0 Å². The molecule has 0 aliphatic carbocycles. The van der Waals surface area contributed by atoms with Crippen molar-refractivity contribution in [2.24, 2.45) is 0 Å². The van der Waals surface area contributed by atoms with Crippen molar-refractivity contribution in [3.05, 3.63) is 48.0 Å². The highest BCUT2D eigenvalue weighted by molar-refractivity contribution is 6.08. The highest BCUT2D eigenvalue weighted by atomic mass is 19.4. The first-order chi connectivity index (χ1) is 10.5. The highest BCUT2D eigenvalue weighted by Crippen LogP contribution is 2.45. The molecule has 2 nitrogen and oxygen atoms in total. The molecule has 1 N–H and O–H groups in total. The van der Waals surface area contributed by atoms with E-state index in [4.69, 9.17) is 5.11 Å². The van der Waals surface area contributed by atoms with Crippen molar-refractivity contribution in [1.82, 2.24) is 0 Å². The monoisotopic (exact) mass is 336 g/mol. The van der Waals surface area contributed by atoms with E-state index in [1.54, 1.807) is 18.2 Å². The average molecular weight is 336 g/mol. The Balaban J connectivity index is 2.47. The molecule has 0 atom stereocenters. The van der Waals surface area contributed by atoms with Crippen LogP contribution in [0.2, 0.25) is 0 Å². The van der Waals surface area contributed by atoms with Crippen LogP contribution in [0.1, 0.15) is 16.8 Å². The molecule has 0 aliphatic rings. The summed E-state index contributed by atoms with van der Waals surface area (Å²) in [6, 6.07) is 10.1. The summed E-state index contributed by atoms with van der Waals surface area (Å²) >= 11 is 0. The van der Waals surface area contributed by atoms with Gasteiger partial charge in [0.1, 0.15) is 0 Å². The molecule has 124 valence electrons. The van der Waals surface area contributed by atoms with Crippen LogP contribution in [0.5, 0.6) is 0 Å². The quantitative estimate of drug-likeness (QED) is 0.671. The SMILES string of the molecule is O=C(CC(O)(C(F)(F)F)C(F)(F)F)c1cccc2ccccc12. The smallest absolute Gasteiger partial charge is 0.373 e. The number of carbonyl (C=O) groups is 1. The summed E-state index contributed by atoms with van der Waals surface area (Å²) in [5, 5.41) is 9.82. The minimum atomic E-state index is -6.02. The third kappa shape index (κ3) is 3.03. The molecule has 0 radical (unpaired) electrons. The molecular formula is C15H10F6O2. The van der Waals surface area contributed by atoms with Crippen molar-refractivity contribution >= 4 is 16.6 Å². The Labute approximate surface area is 126 Å². The summed E-state index contributed by atoms with van der Waals surface area (Å²) in [6.07, 6.45) is -14.2. The lowest BCUT2D eigenvalue weighted by Gasteiger charge is -2.31. The van der Waals surface area contributed by atoms with Gasteiger partial charge in [-0.25, -0.2) is 0 Å². The molecular weight excluding hydrogens is 326 g/mol. The van der Waals surface area contributed by atoms with E-state index in [0.717, 1.165) is 6.07 Å². The molecule has 0 saturated carbocycles. The van der Waals surface area contributed by atoms with Crippen molar-refractivity contribution < 1.29 is 36.2 Å². The second-order valence-corrected chi connectivity index (χ2v) is 4.98. The van der Waals surface area contributed by atoms with E-state index in [1.165, 1.54) is 18.2 Å². The van der Waals surface area contributed by atoms with Gasteiger partial charge in [0.15, 0.2) is 5.78 Å². The molecule has 8 heteroatoms. The predicted octanol–water partition coefficient (Wildman–Crippen LogP) is 4.27. The van der Waals surface area contributed by atoms with Crippen LogP contribution in [0.4, 0.5) is 26.3 Å². The Morgan fingerprint density at radius 3 is 1.96 bits per heavy atom. The number of rotatable bonds is 3. The summed E-state index contributed by atoms with van der Waals surface area (Å²) in [7, 11) is 0. The minimum absolute atomic E-state index is 0.215. The van der Waals surface area contributed by atoms with Gasteiger partial charge in [-0.15, -0.1) is 0 Å². The highest BCUT2D eigenvalue weighted by Gasteiger charge is 2.70. The fourth-order valence-corrected chi connectivity index (χ4v) is 2.16. The number of ketones is 1. The largest absolute Gasteiger partial charge is 0.426 e. The van der Waals surface area contributed by atoms with E-state index in [1.807, 2.05) is 0 Å². The standard InChI is InChI=1S/C15H10F6O2/c16-14(17,18)13(23,15(19,20)21)8-12(22)11-7-3-5-9-4-1-2-6-10(9)11/h1-7,23H,8H2. The van der Waals surface area contributed by atoms with Crippen molar-refractivity contribution in [2.45, 2.75) is 24.4 Å². The number of aliphatic hydroxyl groups is 1. The second kappa shape index (κ2) is 5.52. The maximum Gasteiger partial charge on any atom is 0.426 e. The number of Topliss-reactive ketones (excluding diaryl/α,β-unsaturated/α-hetero) is 1. The maximum atomic E-state index is 12.7. The molecule has 2 rings (SSSR count). The van der Waals surface area contributed by atoms with Crippen molar-refractivity contribution in [2.75, 3.05) is 0 Å². The topological polar surface area (TPSA) is 37.3 Å². The molecule has 0 aliphatic heterocycles. The number of hydrogen-bond acceptors (Lipinski definition) is 2. The average Bonchev–Trinajstić information content (AvgIpc) is 2.44. The fraction of sp³-hybridized carbons (Fsp3) is 0.267. The molecule has 2 aromatic carbocycles. The van der Waals surface area contributed by atoms with Gasteiger partial charge in [0, 0.05) is 5.56 Å². The number of alkyl halides is 6. The Hall–Kier alpha value is -2.09. The van der Waals surface area contributed by atoms with E-state index >= 15 is 0 Å². The Bertz CT molecular complexity index is 713. The summed E-state index contributed by atoms with van der Waals surface area (Å²) in [5.74, 6) is -1.45. The zero-order valence-corrected chi connectivity index (χ0v) is 11.4. The first-order valence-corrected chi connectivity index (χ1v) is 6.34. The molecule has 0 spiro atoms. The number of benzene rings is 2. The van der Waals surface area contributed by atoms with Gasteiger partial charge in [-0.2, -0.15) is 26.3 Å². The van der Waals surface area contributed by atoms with Crippen molar-refractivity contribution in [1.29, 1.82) is 0 Å². The molecule has 0 amide bonds. The summed E-state index contributed by atoms with van der Waals surface area (Å²) < 4.78 is 76.0. The second-order valence-electron chi connectivity index (χ2n) is 4.98. The lowest BCUT2D eigenvalue weighted by Crippen LogP contribution is -2.57. The van der Waals surface area contributed by atoms with Crippen LogP contribution in [-0.2, 0) is 0 Å². The van der Waals surface area contributed by atoms with Gasteiger partial charge < -0.3 is 5.11 Å². The van der Waals surface area contributed by atoms with Crippen LogP contribution in [0.15, 0.2) is 42.5 Å². The minimum Gasteiger partial charge on any atom is -0.373 e. The van der Waals surface area contributed by atoms with E-state index in [2.05, 4.69) is 0 Å². The molecule has 23 heavy (non-hydrogen) atoms. The lowest BCUT2D eigenvalue weighted by molar-refractivity contribution is -0.365. The van der Waals surface area contributed by atoms with Gasteiger partial charge >= 0.3 is 12.4 Å². The zero-order valence-electron chi connectivity index (χ0n) is 11.4. The zero-order chi connectivity index (χ0) is 17.5. The van der Waals surface area contributed by atoms with Crippen LogP contribution in [-0.4, -0.2) is 28.8 Å². The summed E-state index contributed by atoms with van der Waals surface area (Å²) in [6.45, 7) is 0. The third-order valence-corrected chi connectivity index (χ3v) is 3.44. The van der Waals surface area contributed by atoms with Gasteiger partial charge in [0.05, 0.1) is 6.42 Å². The normalized spacial score (nSPS) is 13.3. The summed E-state index contributed by atoms with van der Waals surface area (Å²) in [5.41, 5.74) is -5.40. The van der Waals surface area contributed by atoms with Crippen LogP contribution < -0.4 is 0 Å². The molecule has 0 heterocycles. The number of fused-ring (bicyclic) bond motifs is 1. The molecule has 2 aromatic rings. The third-order valence-electron chi connectivity index (χ3n) is 3.44. The lowest BCUT2D eigenvalue weighted by atomic mass is 9.90. The van der Waals surface area contributed by atoms with Crippen LogP contribution in [0, 0.1) is 0 Å². The maximum absolute atomic E-state index is 12.7. The van der Waals surface area contributed by atoms with E-state index in [0.29, 0.717) is 5.39 Å². The van der Waals surface area contributed by atoms with E-state index in [9.17, 15) is 31.1 Å². The summed E-state index contributed by atoms with van der Waals surface area (Å²) in [4.78, 5) is 12.0. The van der Waals surface area contributed by atoms with Gasteiger partial charge in [0.2, 0.25) is 0 Å². The predicted molar refractivity (Wildman–Crippen MR) is 70.0 cm³/mol. The van der Waals surface area contributed by atoms with Crippen LogP contribution in [0.25, 0.3) is 10.8 Å². The van der Waals surface area contributed by atoms with Gasteiger partial charge in [-0.3, -0.25) is 4.79 Å². The Morgan fingerprint density at radius 2 is 1.39 bits per heavy atom. The van der Waals surface area contributed by atoms with E-state index < -0.39 is 30.2 Å². The van der Waals surface area contributed by atoms with Gasteiger partial charge in [-0.05, 0) is 10.8 Å². The first-order valence-electron chi connectivity index (χ1n) is 6.34. The molecule has 0 saturated heterocycles. The van der Waals surface area contributed by atoms with Gasteiger partial charge in [0.25, 0.3) is 5.60 Å². The molecule has 0 unspecified atom stereocenters. The first kappa shape index (κ1) is 17.3. The number of halogens is 6. The van der Waals surface area contributed by atoms with Gasteiger partial charge in [-0.1, -0.05) is 42.5 Å². The van der Waals surface area contributed by atoms with Crippen molar-refractivity contribution in [3.63, 3.8) is 0 Å². The Morgan fingerprint density at radius 1 is 0.870 bits per heavy atom. The number of carbonyl (C=O) groups excluding carboxylic acids is 1. The van der Waals surface area contributed by atoms with Crippen LogP contribution in [0.3, 0.4) is 0 Å². The number of hydrogen-bond donors (Lipinski definition) is 1. The van der Waals surface area contributed by atoms with E-state index in [-0.39, 0.29) is 10.9 Å². The molecule has 0 fully saturated rings. The molecule has 0 aromatic heterocycles. The Kier molecular flexibility index (Phi) is 4.14.